The molecule has 5 nitrogen and oxygen atoms in total. The predicted octanol–water partition coefficient (Wildman–Crippen LogP) is 4.17. The van der Waals surface area contributed by atoms with E-state index >= 15 is 0 Å². The third-order valence-corrected chi connectivity index (χ3v) is 3.97. The van der Waals surface area contributed by atoms with Gasteiger partial charge in [0.15, 0.2) is 5.96 Å². The van der Waals surface area contributed by atoms with Crippen molar-refractivity contribution in [3.8, 4) is 0 Å². The zero-order valence-corrected chi connectivity index (χ0v) is 17.6. The zero-order chi connectivity index (χ0) is 17.7. The molecule has 0 fully saturated rings. The average molecular weight is 460 g/mol. The van der Waals surface area contributed by atoms with Crippen LogP contribution in [0.5, 0.6) is 0 Å². The molecule has 0 aliphatic carbocycles. The van der Waals surface area contributed by atoms with Crippen molar-refractivity contribution in [1.29, 1.82) is 0 Å². The van der Waals surface area contributed by atoms with Crippen LogP contribution < -0.4 is 10.6 Å². The van der Waals surface area contributed by atoms with Gasteiger partial charge in [-0.05, 0) is 51.8 Å². The van der Waals surface area contributed by atoms with Crippen LogP contribution in [0.15, 0.2) is 27.7 Å². The van der Waals surface area contributed by atoms with Gasteiger partial charge in [-0.1, -0.05) is 17.3 Å². The molecule has 2 N–H and O–H groups in total. The lowest BCUT2D eigenvalue weighted by Gasteiger charge is -2.18. The highest BCUT2D eigenvalue weighted by Gasteiger charge is 2.11. The Morgan fingerprint density at radius 3 is 2.60 bits per heavy atom. The number of benzene rings is 1. The van der Waals surface area contributed by atoms with Crippen LogP contribution in [0.1, 0.15) is 48.0 Å². The molecule has 0 bridgehead atoms. The Hall–Kier alpha value is -1.64. The van der Waals surface area contributed by atoms with Crippen LogP contribution >= 0.6 is 24.0 Å². The minimum absolute atomic E-state index is 0. The molecule has 0 saturated carbocycles. The molecule has 0 radical (unpaired) electrons. The lowest BCUT2D eigenvalue weighted by molar-refractivity contribution is 0.392. The van der Waals surface area contributed by atoms with Crippen LogP contribution in [0.2, 0.25) is 0 Å². The monoisotopic (exact) mass is 460 g/mol. The van der Waals surface area contributed by atoms with Crippen LogP contribution in [0.3, 0.4) is 0 Å². The molecule has 1 unspecified atom stereocenters. The third-order valence-electron chi connectivity index (χ3n) is 3.97. The van der Waals surface area contributed by atoms with Gasteiger partial charge in [-0.3, -0.25) is 0 Å². The topological polar surface area (TPSA) is 62.5 Å². The Labute approximate surface area is 165 Å². The molecule has 1 aromatic carbocycles. The van der Waals surface area contributed by atoms with Gasteiger partial charge in [0.2, 0.25) is 0 Å². The standard InChI is InChI=1S/C18H25FN4O.HI/c1-6-20-18(21-10-16-13(4)23-24-14(16)5)22-12(3)15-8-7-11(2)17(19)9-15;/h7-9,12H,6,10H2,1-5H3,(H2,20,21,22);1H. The molecule has 1 aromatic heterocycles. The van der Waals surface area contributed by atoms with Crippen LogP contribution in [-0.2, 0) is 6.54 Å². The van der Waals surface area contributed by atoms with E-state index < -0.39 is 0 Å². The van der Waals surface area contributed by atoms with Crippen molar-refractivity contribution in [3.63, 3.8) is 0 Å². The van der Waals surface area contributed by atoms with Crippen molar-refractivity contribution >= 4 is 29.9 Å². The second-order valence-electron chi connectivity index (χ2n) is 5.87. The van der Waals surface area contributed by atoms with Crippen molar-refractivity contribution in [2.75, 3.05) is 6.54 Å². The highest BCUT2D eigenvalue weighted by Crippen LogP contribution is 2.17. The summed E-state index contributed by atoms with van der Waals surface area (Å²) in [6.07, 6.45) is 0. The minimum Gasteiger partial charge on any atom is -0.361 e. The molecule has 2 rings (SSSR count). The second-order valence-corrected chi connectivity index (χ2v) is 5.87. The van der Waals surface area contributed by atoms with Crippen molar-refractivity contribution in [2.45, 2.75) is 47.2 Å². The van der Waals surface area contributed by atoms with Crippen LogP contribution in [0.4, 0.5) is 4.39 Å². The van der Waals surface area contributed by atoms with Crippen molar-refractivity contribution in [3.05, 3.63) is 52.2 Å². The molecule has 1 atom stereocenters. The van der Waals surface area contributed by atoms with E-state index in [0.29, 0.717) is 18.1 Å². The number of nitrogens with zero attached hydrogens (tertiary/aromatic N) is 2. The molecule has 0 aliphatic heterocycles. The molecule has 0 saturated heterocycles. The van der Waals surface area contributed by atoms with Gasteiger partial charge in [-0.25, -0.2) is 9.38 Å². The van der Waals surface area contributed by atoms with E-state index in [1.54, 1.807) is 19.1 Å². The van der Waals surface area contributed by atoms with Crippen LogP contribution in [0.25, 0.3) is 0 Å². The summed E-state index contributed by atoms with van der Waals surface area (Å²) < 4.78 is 18.9. The van der Waals surface area contributed by atoms with Crippen LogP contribution in [-0.4, -0.2) is 17.7 Å². The largest absolute Gasteiger partial charge is 0.361 e. The number of hydrogen-bond donors (Lipinski definition) is 2. The van der Waals surface area contributed by atoms with Gasteiger partial charge in [-0.15, -0.1) is 24.0 Å². The molecule has 1 heterocycles. The minimum atomic E-state index is -0.196. The first kappa shape index (κ1) is 21.4. The predicted molar refractivity (Wildman–Crippen MR) is 109 cm³/mol. The summed E-state index contributed by atoms with van der Waals surface area (Å²) in [5.74, 6) is 1.26. The van der Waals surface area contributed by atoms with Crippen molar-refractivity contribution in [2.24, 2.45) is 4.99 Å². The van der Waals surface area contributed by atoms with E-state index in [0.717, 1.165) is 29.1 Å². The molecular formula is C18H26FIN4O. The molecule has 25 heavy (non-hydrogen) atoms. The Bertz CT molecular complexity index is 710. The zero-order valence-electron chi connectivity index (χ0n) is 15.3. The van der Waals surface area contributed by atoms with Crippen LogP contribution in [0, 0.1) is 26.6 Å². The fraction of sp³-hybridized carbons (Fsp3) is 0.444. The molecule has 0 spiro atoms. The number of hydrogen-bond acceptors (Lipinski definition) is 3. The Kier molecular flexibility index (Phi) is 8.34. The van der Waals surface area contributed by atoms with E-state index in [1.165, 1.54) is 0 Å². The fourth-order valence-corrected chi connectivity index (χ4v) is 2.37. The van der Waals surface area contributed by atoms with Gasteiger partial charge in [0.05, 0.1) is 18.3 Å². The van der Waals surface area contributed by atoms with Gasteiger partial charge in [-0.2, -0.15) is 0 Å². The summed E-state index contributed by atoms with van der Waals surface area (Å²) in [4.78, 5) is 4.58. The Balaban J connectivity index is 0.00000312. The van der Waals surface area contributed by atoms with Gasteiger partial charge >= 0.3 is 0 Å². The molecule has 138 valence electrons. The summed E-state index contributed by atoms with van der Waals surface area (Å²) in [5.41, 5.74) is 3.35. The maximum absolute atomic E-state index is 13.8. The van der Waals surface area contributed by atoms with Crippen molar-refractivity contribution < 1.29 is 8.91 Å². The molecule has 2 aromatic rings. The number of nitrogens with one attached hydrogen (secondary N) is 2. The smallest absolute Gasteiger partial charge is 0.192 e. The Morgan fingerprint density at radius 1 is 1.32 bits per heavy atom. The quantitative estimate of drug-likeness (QED) is 0.400. The first-order valence-corrected chi connectivity index (χ1v) is 8.15. The first-order chi connectivity index (χ1) is 11.4. The highest BCUT2D eigenvalue weighted by molar-refractivity contribution is 14.0. The highest BCUT2D eigenvalue weighted by atomic mass is 127. The van der Waals surface area contributed by atoms with Gasteiger partial charge in [0.25, 0.3) is 0 Å². The van der Waals surface area contributed by atoms with Gasteiger partial charge in [0, 0.05) is 12.1 Å². The lowest BCUT2D eigenvalue weighted by atomic mass is 10.1. The van der Waals surface area contributed by atoms with Gasteiger partial charge < -0.3 is 15.2 Å². The Morgan fingerprint density at radius 2 is 2.04 bits per heavy atom. The number of halogens is 2. The fourth-order valence-electron chi connectivity index (χ4n) is 2.37. The first-order valence-electron chi connectivity index (χ1n) is 8.15. The summed E-state index contributed by atoms with van der Waals surface area (Å²) in [5, 5.41) is 10.4. The molecule has 0 aliphatic rings. The number of aromatic nitrogens is 1. The summed E-state index contributed by atoms with van der Waals surface area (Å²) in [6, 6.07) is 5.21. The SMILES string of the molecule is CCNC(=NCc1c(C)noc1C)NC(C)c1ccc(C)c(F)c1.I. The molecular weight excluding hydrogens is 434 g/mol. The van der Waals surface area contributed by atoms with Crippen molar-refractivity contribution in [1.82, 2.24) is 15.8 Å². The van der Waals surface area contributed by atoms with E-state index in [1.807, 2.05) is 33.8 Å². The molecule has 0 amide bonds. The van der Waals surface area contributed by atoms with E-state index in [4.69, 9.17) is 4.52 Å². The maximum atomic E-state index is 13.8. The van der Waals surface area contributed by atoms with Gasteiger partial charge in [0.1, 0.15) is 11.6 Å². The van der Waals surface area contributed by atoms with E-state index in [9.17, 15) is 4.39 Å². The summed E-state index contributed by atoms with van der Waals surface area (Å²) in [7, 11) is 0. The maximum Gasteiger partial charge on any atom is 0.192 e. The number of aliphatic imine (C=N–C) groups is 1. The normalized spacial score (nSPS) is 12.5. The average Bonchev–Trinajstić information content (AvgIpc) is 2.86. The number of aryl methyl sites for hydroxylation is 3. The van der Waals surface area contributed by atoms with E-state index in [2.05, 4.69) is 20.8 Å². The second kappa shape index (κ2) is 9.74. The van der Waals surface area contributed by atoms with E-state index in [-0.39, 0.29) is 35.8 Å². The number of rotatable bonds is 5. The number of guanidine groups is 1. The third kappa shape index (κ3) is 5.69. The lowest BCUT2D eigenvalue weighted by Crippen LogP contribution is -2.38. The summed E-state index contributed by atoms with van der Waals surface area (Å²) >= 11 is 0. The molecule has 7 heteroatoms. The summed E-state index contributed by atoms with van der Waals surface area (Å²) in [6.45, 7) is 10.7.